The number of hydrogen-bond acceptors (Lipinski definition) is 3. The average molecular weight is 294 g/mol. The Labute approximate surface area is 124 Å². The molecule has 2 amide bonds. The molecular weight excluding hydrogens is 272 g/mol. The second-order valence-corrected chi connectivity index (χ2v) is 4.88. The van der Waals surface area contributed by atoms with Crippen molar-refractivity contribution in [3.63, 3.8) is 0 Å². The number of nitrogens with one attached hydrogen (secondary N) is 2. The second kappa shape index (κ2) is 8.14. The van der Waals surface area contributed by atoms with E-state index in [9.17, 15) is 9.59 Å². The van der Waals surface area contributed by atoms with Gasteiger partial charge in [0.05, 0.1) is 7.11 Å². The summed E-state index contributed by atoms with van der Waals surface area (Å²) in [6.07, 6.45) is 0.676. The van der Waals surface area contributed by atoms with E-state index in [1.54, 1.807) is 26.2 Å². The molecule has 1 aromatic carbocycles. The highest BCUT2D eigenvalue weighted by atomic mass is 16.5. The van der Waals surface area contributed by atoms with Gasteiger partial charge in [-0.3, -0.25) is 0 Å². The lowest BCUT2D eigenvalue weighted by Crippen LogP contribution is -2.48. The minimum atomic E-state index is -1.02. The van der Waals surface area contributed by atoms with Gasteiger partial charge in [0.1, 0.15) is 11.8 Å². The minimum absolute atomic E-state index is 0.130. The van der Waals surface area contributed by atoms with E-state index in [0.29, 0.717) is 13.0 Å². The number of benzene rings is 1. The first-order valence-electron chi connectivity index (χ1n) is 6.88. The molecule has 0 aliphatic rings. The Hall–Kier alpha value is -2.24. The lowest BCUT2D eigenvalue weighted by Gasteiger charge is -2.20. The van der Waals surface area contributed by atoms with Crippen LogP contribution >= 0.6 is 0 Å². The molecule has 6 nitrogen and oxygen atoms in total. The van der Waals surface area contributed by atoms with Crippen LogP contribution in [0.3, 0.4) is 0 Å². The molecule has 116 valence electrons. The Morgan fingerprint density at radius 1 is 1.29 bits per heavy atom. The maximum absolute atomic E-state index is 11.8. The normalized spacial score (nSPS) is 13.1. The van der Waals surface area contributed by atoms with Gasteiger partial charge in [0, 0.05) is 6.54 Å². The molecule has 0 aliphatic carbocycles. The molecule has 0 saturated carbocycles. The highest BCUT2D eigenvalue weighted by Gasteiger charge is 2.24. The Morgan fingerprint density at radius 2 is 1.90 bits per heavy atom. The Kier molecular flexibility index (Phi) is 6.52. The quantitative estimate of drug-likeness (QED) is 0.717. The molecule has 0 saturated heterocycles. The molecule has 6 heteroatoms. The zero-order chi connectivity index (χ0) is 15.8. The van der Waals surface area contributed by atoms with Crippen LogP contribution in [0.2, 0.25) is 0 Å². The van der Waals surface area contributed by atoms with Gasteiger partial charge in [0.2, 0.25) is 0 Å². The van der Waals surface area contributed by atoms with Crippen molar-refractivity contribution in [3.05, 3.63) is 29.8 Å². The number of carbonyl (C=O) groups excluding carboxylic acids is 1. The van der Waals surface area contributed by atoms with Gasteiger partial charge in [-0.1, -0.05) is 32.4 Å². The number of carboxylic acid groups (broad SMARTS) is 1. The van der Waals surface area contributed by atoms with Crippen molar-refractivity contribution < 1.29 is 19.4 Å². The number of hydrogen-bond donors (Lipinski definition) is 3. The number of ether oxygens (including phenoxy) is 1. The van der Waals surface area contributed by atoms with E-state index in [2.05, 4.69) is 10.6 Å². The summed E-state index contributed by atoms with van der Waals surface area (Å²) in [6.45, 7) is 4.00. The number of methoxy groups -OCH3 is 1. The molecular formula is C15H22N2O4. The standard InChI is InChI=1S/C15H22N2O4/c1-4-10(2)13(14(18)19)17-15(20)16-9-11-5-7-12(21-3)8-6-11/h5-8,10,13H,4,9H2,1-3H3,(H,18,19)(H2,16,17,20)/t10?,13-/m0/s1. The van der Waals surface area contributed by atoms with Crippen molar-refractivity contribution in [2.24, 2.45) is 5.92 Å². The van der Waals surface area contributed by atoms with Crippen molar-refractivity contribution in [2.45, 2.75) is 32.9 Å². The molecule has 0 fully saturated rings. The fraction of sp³-hybridized carbons (Fsp3) is 0.467. The number of carbonyl (C=O) groups is 2. The van der Waals surface area contributed by atoms with Crippen molar-refractivity contribution in [3.8, 4) is 5.75 Å². The second-order valence-electron chi connectivity index (χ2n) is 4.88. The summed E-state index contributed by atoms with van der Waals surface area (Å²) in [4.78, 5) is 22.9. The Balaban J connectivity index is 2.50. The minimum Gasteiger partial charge on any atom is -0.497 e. The molecule has 0 heterocycles. The number of urea groups is 1. The summed E-state index contributed by atoms with van der Waals surface area (Å²) in [5, 5.41) is 14.2. The largest absolute Gasteiger partial charge is 0.497 e. The summed E-state index contributed by atoms with van der Waals surface area (Å²) in [7, 11) is 1.58. The lowest BCUT2D eigenvalue weighted by molar-refractivity contribution is -0.140. The van der Waals surface area contributed by atoms with Crippen molar-refractivity contribution in [2.75, 3.05) is 7.11 Å². The maximum atomic E-state index is 11.8. The molecule has 0 spiro atoms. The molecule has 0 radical (unpaired) electrons. The topological polar surface area (TPSA) is 87.7 Å². The number of aliphatic carboxylic acids is 1. The van der Waals surface area contributed by atoms with E-state index in [1.165, 1.54) is 0 Å². The van der Waals surface area contributed by atoms with Crippen LogP contribution in [0.25, 0.3) is 0 Å². The monoisotopic (exact) mass is 294 g/mol. The Morgan fingerprint density at radius 3 is 2.38 bits per heavy atom. The van der Waals surface area contributed by atoms with E-state index in [1.807, 2.05) is 19.1 Å². The number of amides is 2. The maximum Gasteiger partial charge on any atom is 0.326 e. The van der Waals surface area contributed by atoms with Crippen LogP contribution in [-0.4, -0.2) is 30.3 Å². The zero-order valence-electron chi connectivity index (χ0n) is 12.6. The van der Waals surface area contributed by atoms with E-state index < -0.39 is 18.0 Å². The third-order valence-electron chi connectivity index (χ3n) is 3.38. The number of carboxylic acids is 1. The van der Waals surface area contributed by atoms with Gasteiger partial charge in [-0.25, -0.2) is 9.59 Å². The van der Waals surface area contributed by atoms with Crippen molar-refractivity contribution in [1.29, 1.82) is 0 Å². The van der Waals surface area contributed by atoms with Crippen LogP contribution in [0.5, 0.6) is 5.75 Å². The van der Waals surface area contributed by atoms with Gasteiger partial charge in [-0.15, -0.1) is 0 Å². The SMILES string of the molecule is CCC(C)[C@H](NC(=O)NCc1ccc(OC)cc1)C(=O)O. The first kappa shape index (κ1) is 16.8. The van der Waals surface area contributed by atoms with E-state index in [-0.39, 0.29) is 5.92 Å². The van der Waals surface area contributed by atoms with E-state index in [0.717, 1.165) is 11.3 Å². The van der Waals surface area contributed by atoms with Gasteiger partial charge >= 0.3 is 12.0 Å². The first-order chi connectivity index (χ1) is 9.97. The van der Waals surface area contributed by atoms with Gasteiger partial charge in [0.15, 0.2) is 0 Å². The molecule has 1 unspecified atom stereocenters. The molecule has 2 atom stereocenters. The van der Waals surface area contributed by atoms with Gasteiger partial charge in [-0.2, -0.15) is 0 Å². The molecule has 0 aromatic heterocycles. The lowest BCUT2D eigenvalue weighted by atomic mass is 9.99. The fourth-order valence-electron chi connectivity index (χ4n) is 1.80. The highest BCUT2D eigenvalue weighted by molar-refractivity contribution is 5.82. The van der Waals surface area contributed by atoms with Crippen LogP contribution in [0.4, 0.5) is 4.79 Å². The van der Waals surface area contributed by atoms with Crippen LogP contribution in [0, 0.1) is 5.92 Å². The van der Waals surface area contributed by atoms with Crippen LogP contribution in [0.15, 0.2) is 24.3 Å². The summed E-state index contributed by atoms with van der Waals surface area (Å²) in [5.74, 6) is -0.413. The van der Waals surface area contributed by atoms with Crippen LogP contribution in [-0.2, 0) is 11.3 Å². The number of rotatable bonds is 7. The zero-order valence-corrected chi connectivity index (χ0v) is 12.6. The Bertz CT molecular complexity index is 473. The van der Waals surface area contributed by atoms with Crippen molar-refractivity contribution in [1.82, 2.24) is 10.6 Å². The summed E-state index contributed by atoms with van der Waals surface area (Å²) in [5.41, 5.74) is 0.904. The smallest absolute Gasteiger partial charge is 0.326 e. The van der Waals surface area contributed by atoms with Crippen molar-refractivity contribution >= 4 is 12.0 Å². The van der Waals surface area contributed by atoms with Gasteiger partial charge < -0.3 is 20.5 Å². The summed E-state index contributed by atoms with van der Waals surface area (Å²) >= 11 is 0. The molecule has 0 bridgehead atoms. The van der Waals surface area contributed by atoms with Gasteiger partial charge in [0.25, 0.3) is 0 Å². The molecule has 1 aromatic rings. The predicted molar refractivity (Wildman–Crippen MR) is 79.2 cm³/mol. The summed E-state index contributed by atoms with van der Waals surface area (Å²) in [6, 6.07) is 5.90. The first-order valence-corrected chi connectivity index (χ1v) is 6.88. The average Bonchev–Trinajstić information content (AvgIpc) is 2.50. The highest BCUT2D eigenvalue weighted by Crippen LogP contribution is 2.11. The fourth-order valence-corrected chi connectivity index (χ4v) is 1.80. The molecule has 21 heavy (non-hydrogen) atoms. The van der Waals surface area contributed by atoms with E-state index in [4.69, 9.17) is 9.84 Å². The third kappa shape index (κ3) is 5.33. The predicted octanol–water partition coefficient (Wildman–Crippen LogP) is 1.99. The van der Waals surface area contributed by atoms with E-state index >= 15 is 0 Å². The van der Waals surface area contributed by atoms with Gasteiger partial charge in [-0.05, 0) is 23.6 Å². The molecule has 3 N–H and O–H groups in total. The van der Waals surface area contributed by atoms with Crippen LogP contribution in [0.1, 0.15) is 25.8 Å². The molecule has 0 aliphatic heterocycles. The summed E-state index contributed by atoms with van der Waals surface area (Å²) < 4.78 is 5.05. The third-order valence-corrected chi connectivity index (χ3v) is 3.38. The molecule has 1 rings (SSSR count). The van der Waals surface area contributed by atoms with Crippen LogP contribution < -0.4 is 15.4 Å².